The number of imide groups is 2. The first-order chi connectivity index (χ1) is 9.58. The van der Waals surface area contributed by atoms with E-state index in [0.717, 1.165) is 12.8 Å². The molecule has 2 heterocycles. The van der Waals surface area contributed by atoms with Crippen molar-refractivity contribution in [2.45, 2.75) is 57.7 Å². The molecule has 0 bridgehead atoms. The number of aliphatic imine (C=N–C) groups is 1. The van der Waals surface area contributed by atoms with Crippen LogP contribution in [-0.2, 0) is 9.59 Å². The Hall–Kier alpha value is -1.76. The van der Waals surface area contributed by atoms with E-state index in [1.165, 1.54) is 6.21 Å². The van der Waals surface area contributed by atoms with E-state index in [1.54, 1.807) is 0 Å². The second-order valence-corrected chi connectivity index (χ2v) is 7.04. The molecule has 0 atom stereocenters. The van der Waals surface area contributed by atoms with Crippen LogP contribution in [0.4, 0.5) is 4.79 Å². The van der Waals surface area contributed by atoms with Crippen molar-refractivity contribution in [2.75, 3.05) is 0 Å². The third-order valence-corrected chi connectivity index (χ3v) is 3.65. The highest BCUT2D eigenvalue weighted by Crippen LogP contribution is 2.30. The predicted molar refractivity (Wildman–Crippen MR) is 78.0 cm³/mol. The third kappa shape index (κ3) is 3.87. The number of urea groups is 1. The Morgan fingerprint density at radius 3 is 1.95 bits per heavy atom. The van der Waals surface area contributed by atoms with E-state index in [0.29, 0.717) is 0 Å². The number of rotatable bonds is 2. The Morgan fingerprint density at radius 1 is 1.00 bits per heavy atom. The summed E-state index contributed by atoms with van der Waals surface area (Å²) < 4.78 is 0. The monoisotopic (exact) mass is 294 g/mol. The lowest BCUT2D eigenvalue weighted by atomic mass is 9.80. The van der Waals surface area contributed by atoms with Crippen LogP contribution in [0.3, 0.4) is 0 Å². The van der Waals surface area contributed by atoms with Gasteiger partial charge in [0, 0.05) is 17.3 Å². The third-order valence-electron chi connectivity index (χ3n) is 3.65. The summed E-state index contributed by atoms with van der Waals surface area (Å²) in [6, 6.07) is -0.742. The maximum atomic E-state index is 11.6. The van der Waals surface area contributed by atoms with Gasteiger partial charge in [-0.05, 0) is 40.5 Å². The van der Waals surface area contributed by atoms with Crippen molar-refractivity contribution in [3.8, 4) is 0 Å². The van der Waals surface area contributed by atoms with Gasteiger partial charge in [-0.25, -0.2) is 4.79 Å². The molecule has 7 nitrogen and oxygen atoms in total. The Labute approximate surface area is 124 Å². The van der Waals surface area contributed by atoms with Gasteiger partial charge >= 0.3 is 6.03 Å². The highest BCUT2D eigenvalue weighted by molar-refractivity contribution is 6.23. The van der Waals surface area contributed by atoms with Crippen LogP contribution >= 0.6 is 0 Å². The van der Waals surface area contributed by atoms with Gasteiger partial charge in [-0.15, -0.1) is 0 Å². The smallest absolute Gasteiger partial charge is 0.307 e. The average Bonchev–Trinajstić information content (AvgIpc) is 2.22. The molecular formula is C14H22N4O3. The second-order valence-electron chi connectivity index (χ2n) is 7.04. The summed E-state index contributed by atoms with van der Waals surface area (Å²) in [7, 11) is 0. The van der Waals surface area contributed by atoms with Crippen molar-refractivity contribution in [3.63, 3.8) is 0 Å². The van der Waals surface area contributed by atoms with Gasteiger partial charge in [-0.2, -0.15) is 0 Å². The quantitative estimate of drug-likeness (QED) is 0.505. The molecule has 2 saturated heterocycles. The lowest BCUT2D eigenvalue weighted by Crippen LogP contribution is -2.59. The molecule has 2 fully saturated rings. The zero-order valence-electron chi connectivity index (χ0n) is 12.8. The average molecular weight is 294 g/mol. The Bertz CT molecular complexity index is 474. The Kier molecular flexibility index (Phi) is 3.88. The van der Waals surface area contributed by atoms with Crippen molar-refractivity contribution in [1.82, 2.24) is 16.0 Å². The minimum absolute atomic E-state index is 0.0366. The normalized spacial score (nSPS) is 26.8. The second kappa shape index (κ2) is 5.22. The van der Waals surface area contributed by atoms with E-state index in [1.807, 2.05) is 0 Å². The van der Waals surface area contributed by atoms with Crippen LogP contribution in [0.1, 0.15) is 40.5 Å². The molecule has 116 valence electrons. The van der Waals surface area contributed by atoms with E-state index < -0.39 is 23.8 Å². The number of nitrogens with one attached hydrogen (secondary N) is 3. The maximum Gasteiger partial charge on any atom is 0.328 e. The number of piperidine rings is 1. The van der Waals surface area contributed by atoms with E-state index >= 15 is 0 Å². The number of hydrogen-bond donors (Lipinski definition) is 3. The van der Waals surface area contributed by atoms with Crippen LogP contribution in [0, 0.1) is 5.92 Å². The SMILES string of the molecule is CC1(C)CC(N=CC2C(=O)NC(=O)NC2=O)CC(C)(C)N1. The first kappa shape index (κ1) is 15.6. The molecule has 2 aliphatic rings. The van der Waals surface area contributed by atoms with Gasteiger partial charge in [-0.3, -0.25) is 25.2 Å². The minimum atomic E-state index is -1.04. The molecule has 2 rings (SSSR count). The number of carbonyl (C=O) groups is 3. The first-order valence-electron chi connectivity index (χ1n) is 7.06. The molecule has 2 aliphatic heterocycles. The molecule has 3 N–H and O–H groups in total. The molecule has 0 saturated carbocycles. The highest BCUT2D eigenvalue weighted by atomic mass is 16.2. The van der Waals surface area contributed by atoms with Crippen molar-refractivity contribution in [1.29, 1.82) is 0 Å². The number of barbiturate groups is 1. The fourth-order valence-corrected chi connectivity index (χ4v) is 3.25. The van der Waals surface area contributed by atoms with Crippen molar-refractivity contribution in [2.24, 2.45) is 10.9 Å². The van der Waals surface area contributed by atoms with Gasteiger partial charge in [-0.1, -0.05) is 0 Å². The molecular weight excluding hydrogens is 272 g/mol. The molecule has 21 heavy (non-hydrogen) atoms. The zero-order chi connectivity index (χ0) is 15.8. The van der Waals surface area contributed by atoms with Crippen LogP contribution in [-0.4, -0.2) is 41.2 Å². The van der Waals surface area contributed by atoms with Gasteiger partial charge in [0.25, 0.3) is 0 Å². The van der Waals surface area contributed by atoms with Crippen LogP contribution in [0.15, 0.2) is 4.99 Å². The molecule has 7 heteroatoms. The summed E-state index contributed by atoms with van der Waals surface area (Å²) in [6.45, 7) is 8.43. The minimum Gasteiger partial charge on any atom is -0.307 e. The molecule has 0 aliphatic carbocycles. The Balaban J connectivity index is 2.08. The fraction of sp³-hybridized carbons (Fsp3) is 0.714. The van der Waals surface area contributed by atoms with Gasteiger partial charge in [0.1, 0.15) is 0 Å². The van der Waals surface area contributed by atoms with Gasteiger partial charge in [0.05, 0.1) is 6.04 Å². The largest absolute Gasteiger partial charge is 0.328 e. The zero-order valence-corrected chi connectivity index (χ0v) is 12.8. The standard InChI is InChI=1S/C14H22N4O3/c1-13(2)5-8(6-14(3,4)18-13)15-7-9-10(19)16-12(21)17-11(9)20/h7-9,18H,5-6H2,1-4H3,(H2,16,17,19,20,21). The topological polar surface area (TPSA) is 99.7 Å². The van der Waals surface area contributed by atoms with Crippen LogP contribution < -0.4 is 16.0 Å². The molecule has 0 aromatic rings. The van der Waals surface area contributed by atoms with Gasteiger partial charge in [0.2, 0.25) is 11.8 Å². The number of hydrogen-bond acceptors (Lipinski definition) is 5. The summed E-state index contributed by atoms with van der Waals surface area (Å²) >= 11 is 0. The van der Waals surface area contributed by atoms with Crippen molar-refractivity contribution >= 4 is 24.1 Å². The first-order valence-corrected chi connectivity index (χ1v) is 7.06. The van der Waals surface area contributed by atoms with Crippen molar-refractivity contribution < 1.29 is 14.4 Å². The molecule has 0 radical (unpaired) electrons. The summed E-state index contributed by atoms with van der Waals surface area (Å²) in [5.41, 5.74) is -0.117. The molecule has 0 unspecified atom stereocenters. The lowest BCUT2D eigenvalue weighted by molar-refractivity contribution is -0.132. The molecule has 4 amide bonds. The number of nitrogens with zero attached hydrogens (tertiary/aromatic N) is 1. The summed E-state index contributed by atoms with van der Waals surface area (Å²) in [4.78, 5) is 38.7. The number of amides is 4. The highest BCUT2D eigenvalue weighted by Gasteiger charge is 2.38. The van der Waals surface area contributed by atoms with E-state index in [9.17, 15) is 14.4 Å². The fourth-order valence-electron chi connectivity index (χ4n) is 3.25. The van der Waals surface area contributed by atoms with Crippen molar-refractivity contribution in [3.05, 3.63) is 0 Å². The van der Waals surface area contributed by atoms with E-state index in [-0.39, 0.29) is 17.1 Å². The number of carbonyl (C=O) groups excluding carboxylic acids is 3. The van der Waals surface area contributed by atoms with E-state index in [2.05, 4.69) is 48.6 Å². The molecule has 0 spiro atoms. The van der Waals surface area contributed by atoms with Crippen LogP contribution in [0.5, 0.6) is 0 Å². The summed E-state index contributed by atoms with van der Waals surface area (Å²) in [5.74, 6) is -2.29. The van der Waals surface area contributed by atoms with Crippen LogP contribution in [0.2, 0.25) is 0 Å². The van der Waals surface area contributed by atoms with E-state index in [4.69, 9.17) is 0 Å². The molecule has 0 aromatic heterocycles. The lowest BCUT2D eigenvalue weighted by Gasteiger charge is -2.45. The van der Waals surface area contributed by atoms with Gasteiger partial charge in [0.15, 0.2) is 5.92 Å². The summed E-state index contributed by atoms with van der Waals surface area (Å²) in [6.07, 6.45) is 3.00. The van der Waals surface area contributed by atoms with Crippen LogP contribution in [0.25, 0.3) is 0 Å². The molecule has 0 aromatic carbocycles. The maximum absolute atomic E-state index is 11.6. The Morgan fingerprint density at radius 2 is 1.48 bits per heavy atom. The predicted octanol–water partition coefficient (Wildman–Crippen LogP) is 0.349. The van der Waals surface area contributed by atoms with Gasteiger partial charge < -0.3 is 5.32 Å². The summed E-state index contributed by atoms with van der Waals surface area (Å²) in [5, 5.41) is 7.68.